The Bertz CT molecular complexity index is 64.6. The van der Waals surface area contributed by atoms with Crippen molar-refractivity contribution in [2.75, 3.05) is 0 Å². The van der Waals surface area contributed by atoms with Crippen LogP contribution in [0, 0.1) is 5.92 Å². The van der Waals surface area contributed by atoms with Crippen LogP contribution in [-0.4, -0.2) is 3.90 Å². The molecule has 42 valence electrons. The van der Waals surface area contributed by atoms with Crippen molar-refractivity contribution in [1.82, 2.24) is 0 Å². The first-order chi connectivity index (χ1) is 3.18. The van der Waals surface area contributed by atoms with Gasteiger partial charge in [-0.15, -0.1) is 0 Å². The molecule has 7 heavy (non-hydrogen) atoms. The predicted molar refractivity (Wildman–Crippen MR) is 30.1 cm³/mol. The number of hydrogen-bond donors (Lipinski definition) is 0. The summed E-state index contributed by atoms with van der Waals surface area (Å²) >= 11 is 1.66. The van der Waals surface area contributed by atoms with Gasteiger partial charge in [-0.25, -0.2) is 0 Å². The van der Waals surface area contributed by atoms with E-state index in [9.17, 15) is 0 Å². The Hall–Kier alpha value is 0.558. The fraction of sp³-hybridized carbons (Fsp3) is 0.833. The average molecular weight is 268 g/mol. The van der Waals surface area contributed by atoms with Gasteiger partial charge in [-0.1, -0.05) is 0 Å². The molecule has 1 heteroatoms. The predicted octanol–water partition coefficient (Wildman–Crippen LogP) is 1.77. The van der Waals surface area contributed by atoms with Gasteiger partial charge in [0.2, 0.25) is 0 Å². The SMILES string of the molecule is CC[C](=[W])C(C)C. The molecule has 0 saturated heterocycles. The van der Waals surface area contributed by atoms with Crippen molar-refractivity contribution in [3.63, 3.8) is 0 Å². The average Bonchev–Trinajstić information content (AvgIpc) is 1.65. The molecule has 0 aliphatic carbocycles. The molecular weight excluding hydrogens is 256 g/mol. The molecule has 0 aromatic carbocycles. The zero-order chi connectivity index (χ0) is 5.86. The van der Waals surface area contributed by atoms with Crippen molar-refractivity contribution in [3.05, 3.63) is 0 Å². The summed E-state index contributed by atoms with van der Waals surface area (Å²) in [4.78, 5) is 0. The molecule has 0 aliphatic heterocycles. The summed E-state index contributed by atoms with van der Waals surface area (Å²) in [5.74, 6) is 0.819. The van der Waals surface area contributed by atoms with E-state index in [1.54, 1.807) is 23.3 Å². The van der Waals surface area contributed by atoms with Crippen LogP contribution in [0.3, 0.4) is 0 Å². The fourth-order valence-corrected chi connectivity index (χ4v) is 0.408. The van der Waals surface area contributed by atoms with E-state index in [1.807, 2.05) is 0 Å². The third-order valence-corrected chi connectivity index (χ3v) is 3.72. The van der Waals surface area contributed by atoms with Crippen LogP contribution in [0.15, 0.2) is 0 Å². The molecule has 0 aromatic rings. The van der Waals surface area contributed by atoms with E-state index in [1.165, 1.54) is 6.42 Å². The van der Waals surface area contributed by atoms with E-state index in [4.69, 9.17) is 0 Å². The Kier molecular flexibility index (Phi) is 3.83. The van der Waals surface area contributed by atoms with Gasteiger partial charge in [0.1, 0.15) is 0 Å². The number of rotatable bonds is 2. The fourth-order valence-electron chi connectivity index (χ4n) is 0.408. The van der Waals surface area contributed by atoms with Crippen LogP contribution in [0.4, 0.5) is 0 Å². The van der Waals surface area contributed by atoms with Crippen molar-refractivity contribution >= 4 is 3.90 Å². The molecule has 0 aliphatic rings. The van der Waals surface area contributed by atoms with E-state index in [0.29, 0.717) is 0 Å². The summed E-state index contributed by atoms with van der Waals surface area (Å²) in [5.41, 5.74) is 0. The van der Waals surface area contributed by atoms with Gasteiger partial charge in [-0.05, 0) is 0 Å². The Labute approximate surface area is 56.7 Å². The van der Waals surface area contributed by atoms with Crippen molar-refractivity contribution in [3.8, 4) is 0 Å². The first-order valence-corrected chi connectivity index (χ1v) is 4.17. The molecule has 0 saturated carbocycles. The Morgan fingerprint density at radius 3 is 2.00 bits per heavy atom. The second-order valence-electron chi connectivity index (χ2n) is 1.97. The van der Waals surface area contributed by atoms with Crippen molar-refractivity contribution < 1.29 is 19.4 Å². The van der Waals surface area contributed by atoms with E-state index in [0.717, 1.165) is 5.92 Å². The Morgan fingerprint density at radius 2 is 2.00 bits per heavy atom. The van der Waals surface area contributed by atoms with Gasteiger partial charge >= 0.3 is 56.4 Å². The molecule has 0 fully saturated rings. The molecule has 0 spiro atoms. The summed E-state index contributed by atoms with van der Waals surface area (Å²) in [6.45, 7) is 6.74. The van der Waals surface area contributed by atoms with E-state index >= 15 is 0 Å². The topological polar surface area (TPSA) is 0 Å². The molecule has 0 heterocycles. The van der Waals surface area contributed by atoms with Crippen LogP contribution in [0.2, 0.25) is 0 Å². The van der Waals surface area contributed by atoms with Crippen LogP contribution in [0.1, 0.15) is 27.2 Å². The molecule has 0 N–H and O–H groups in total. The third kappa shape index (κ3) is 3.17. The third-order valence-electron chi connectivity index (χ3n) is 0.992. The van der Waals surface area contributed by atoms with Crippen molar-refractivity contribution in [2.45, 2.75) is 27.2 Å². The maximum absolute atomic E-state index is 2.26. The molecule has 0 unspecified atom stereocenters. The quantitative estimate of drug-likeness (QED) is 0.716. The van der Waals surface area contributed by atoms with Crippen LogP contribution >= 0.6 is 0 Å². The minimum atomic E-state index is 0.819. The zero-order valence-corrected chi connectivity index (χ0v) is 8.13. The second kappa shape index (κ2) is 3.55. The molecule has 0 radical (unpaired) electrons. The van der Waals surface area contributed by atoms with Crippen LogP contribution < -0.4 is 0 Å². The normalized spacial score (nSPS) is 9.71. The molecule has 0 aromatic heterocycles. The van der Waals surface area contributed by atoms with Gasteiger partial charge < -0.3 is 0 Å². The zero-order valence-electron chi connectivity index (χ0n) is 5.19. The van der Waals surface area contributed by atoms with Gasteiger partial charge in [-0.3, -0.25) is 0 Å². The van der Waals surface area contributed by atoms with Gasteiger partial charge in [0.15, 0.2) is 0 Å². The molecule has 0 bridgehead atoms. The minimum absolute atomic E-state index is 0.819. The van der Waals surface area contributed by atoms with Crippen LogP contribution in [0.25, 0.3) is 0 Å². The van der Waals surface area contributed by atoms with Gasteiger partial charge in [0.05, 0.1) is 0 Å². The van der Waals surface area contributed by atoms with Crippen LogP contribution in [0.5, 0.6) is 0 Å². The summed E-state index contributed by atoms with van der Waals surface area (Å²) in [6, 6.07) is 0. The summed E-state index contributed by atoms with van der Waals surface area (Å²) < 4.78 is 1.68. The van der Waals surface area contributed by atoms with Crippen molar-refractivity contribution in [1.29, 1.82) is 0 Å². The standard InChI is InChI=1S/C6H12.W/c1-4-5-6(2)3;/h6H,4H2,1-3H3;. The van der Waals surface area contributed by atoms with Crippen molar-refractivity contribution in [2.24, 2.45) is 5.92 Å². The van der Waals surface area contributed by atoms with E-state index in [2.05, 4.69) is 20.8 Å². The number of hydrogen-bond acceptors (Lipinski definition) is 0. The summed E-state index contributed by atoms with van der Waals surface area (Å²) in [5, 5.41) is 0. The first-order valence-electron chi connectivity index (χ1n) is 2.71. The molecule has 0 amide bonds. The van der Waals surface area contributed by atoms with E-state index < -0.39 is 0 Å². The van der Waals surface area contributed by atoms with Crippen LogP contribution in [-0.2, 0) is 19.4 Å². The monoisotopic (exact) mass is 268 g/mol. The Morgan fingerprint density at radius 1 is 1.57 bits per heavy atom. The molecule has 0 nitrogen and oxygen atoms in total. The summed E-state index contributed by atoms with van der Waals surface area (Å²) in [7, 11) is 0. The first kappa shape index (κ1) is 7.56. The van der Waals surface area contributed by atoms with Gasteiger partial charge in [0.25, 0.3) is 0 Å². The maximum atomic E-state index is 2.26. The van der Waals surface area contributed by atoms with Gasteiger partial charge in [-0.2, -0.15) is 0 Å². The van der Waals surface area contributed by atoms with E-state index in [-0.39, 0.29) is 0 Å². The molecule has 0 rings (SSSR count). The molecule has 0 atom stereocenters. The summed E-state index contributed by atoms with van der Waals surface area (Å²) in [6.07, 6.45) is 1.27. The molecular formula is C6H12W. The van der Waals surface area contributed by atoms with Gasteiger partial charge in [0, 0.05) is 0 Å². The Balaban J connectivity index is 3.35. The second-order valence-corrected chi connectivity index (χ2v) is 3.86.